The molecule has 146 valence electrons. The van der Waals surface area contributed by atoms with Crippen LogP contribution in [0.4, 0.5) is 5.69 Å². The second-order valence-electron chi connectivity index (χ2n) is 6.73. The van der Waals surface area contributed by atoms with E-state index in [1.54, 1.807) is 0 Å². The van der Waals surface area contributed by atoms with E-state index in [9.17, 15) is 0 Å². The standard InChI is InChI=1S/C24H26ClNO2/c1-4-27-24-14-19(15-26-22-10-5-7-17(2)18(22)3)11-12-23(24)28-16-20-8-6-9-21(25)13-20/h5-14,26H,4,15-16H2,1-3H3. The molecule has 1 N–H and O–H groups in total. The molecule has 0 saturated heterocycles. The number of ether oxygens (including phenoxy) is 2. The zero-order valence-electron chi connectivity index (χ0n) is 16.6. The van der Waals surface area contributed by atoms with Crippen LogP contribution in [0, 0.1) is 13.8 Å². The summed E-state index contributed by atoms with van der Waals surface area (Å²) in [5.74, 6) is 1.49. The van der Waals surface area contributed by atoms with Crippen LogP contribution in [-0.4, -0.2) is 6.61 Å². The lowest BCUT2D eigenvalue weighted by Crippen LogP contribution is -2.04. The van der Waals surface area contributed by atoms with Crippen molar-refractivity contribution >= 4 is 17.3 Å². The highest BCUT2D eigenvalue weighted by molar-refractivity contribution is 6.30. The molecule has 0 aliphatic carbocycles. The number of aryl methyl sites for hydroxylation is 1. The summed E-state index contributed by atoms with van der Waals surface area (Å²) in [7, 11) is 0. The molecular formula is C24H26ClNO2. The van der Waals surface area contributed by atoms with Crippen LogP contribution >= 0.6 is 11.6 Å². The Hall–Kier alpha value is -2.65. The molecule has 0 fully saturated rings. The Balaban J connectivity index is 1.70. The van der Waals surface area contributed by atoms with E-state index in [4.69, 9.17) is 21.1 Å². The Morgan fingerprint density at radius 3 is 2.46 bits per heavy atom. The van der Waals surface area contributed by atoms with Gasteiger partial charge in [-0.05, 0) is 73.4 Å². The van der Waals surface area contributed by atoms with Crippen LogP contribution in [0.15, 0.2) is 60.7 Å². The first kappa shape index (κ1) is 20.1. The Morgan fingerprint density at radius 2 is 1.68 bits per heavy atom. The molecule has 4 heteroatoms. The molecule has 0 spiro atoms. The second kappa shape index (κ2) is 9.52. The summed E-state index contributed by atoms with van der Waals surface area (Å²) in [6, 6.07) is 20.1. The van der Waals surface area contributed by atoms with Crippen LogP contribution in [-0.2, 0) is 13.2 Å². The lowest BCUT2D eigenvalue weighted by atomic mass is 10.1. The fourth-order valence-electron chi connectivity index (χ4n) is 2.98. The van der Waals surface area contributed by atoms with Gasteiger partial charge in [0, 0.05) is 17.3 Å². The molecule has 0 aliphatic heterocycles. The Labute approximate surface area is 172 Å². The first-order valence-corrected chi connectivity index (χ1v) is 9.87. The van der Waals surface area contributed by atoms with Crippen molar-refractivity contribution in [3.63, 3.8) is 0 Å². The maximum atomic E-state index is 6.05. The average Bonchev–Trinajstić information content (AvgIpc) is 2.69. The van der Waals surface area contributed by atoms with E-state index < -0.39 is 0 Å². The van der Waals surface area contributed by atoms with E-state index in [1.807, 2.05) is 43.3 Å². The van der Waals surface area contributed by atoms with E-state index >= 15 is 0 Å². The van der Waals surface area contributed by atoms with E-state index in [0.717, 1.165) is 34.9 Å². The third-order valence-corrected chi connectivity index (χ3v) is 4.91. The van der Waals surface area contributed by atoms with E-state index in [0.29, 0.717) is 18.2 Å². The number of hydrogen-bond donors (Lipinski definition) is 1. The summed E-state index contributed by atoms with van der Waals surface area (Å²) in [6.07, 6.45) is 0. The summed E-state index contributed by atoms with van der Waals surface area (Å²) in [5.41, 5.74) is 5.87. The van der Waals surface area contributed by atoms with Gasteiger partial charge in [0.2, 0.25) is 0 Å². The van der Waals surface area contributed by atoms with Crippen LogP contribution in [0.25, 0.3) is 0 Å². The van der Waals surface area contributed by atoms with Gasteiger partial charge in [0.15, 0.2) is 11.5 Å². The first-order valence-electron chi connectivity index (χ1n) is 9.50. The van der Waals surface area contributed by atoms with Gasteiger partial charge in [0.1, 0.15) is 6.61 Å². The molecule has 0 radical (unpaired) electrons. The third-order valence-electron chi connectivity index (χ3n) is 4.68. The SMILES string of the molecule is CCOc1cc(CNc2cccc(C)c2C)ccc1OCc1cccc(Cl)c1. The van der Waals surface area contributed by atoms with Gasteiger partial charge in [-0.2, -0.15) is 0 Å². The predicted octanol–water partition coefficient (Wildman–Crippen LogP) is 6.55. The predicted molar refractivity (Wildman–Crippen MR) is 117 cm³/mol. The Bertz CT molecular complexity index is 940. The fourth-order valence-corrected chi connectivity index (χ4v) is 3.19. The number of benzene rings is 3. The molecule has 3 nitrogen and oxygen atoms in total. The molecule has 28 heavy (non-hydrogen) atoms. The van der Waals surface area contributed by atoms with Crippen molar-refractivity contribution < 1.29 is 9.47 Å². The Kier molecular flexibility index (Phi) is 6.83. The molecular weight excluding hydrogens is 370 g/mol. The number of anilines is 1. The van der Waals surface area contributed by atoms with Gasteiger partial charge in [-0.1, -0.05) is 41.9 Å². The van der Waals surface area contributed by atoms with E-state index in [1.165, 1.54) is 11.1 Å². The molecule has 0 aromatic heterocycles. The van der Waals surface area contributed by atoms with Crippen molar-refractivity contribution in [1.29, 1.82) is 0 Å². The third kappa shape index (κ3) is 5.20. The summed E-state index contributed by atoms with van der Waals surface area (Å²) >= 11 is 6.05. The largest absolute Gasteiger partial charge is 0.490 e. The maximum Gasteiger partial charge on any atom is 0.161 e. The molecule has 0 aliphatic rings. The monoisotopic (exact) mass is 395 g/mol. The highest BCUT2D eigenvalue weighted by Crippen LogP contribution is 2.30. The van der Waals surface area contributed by atoms with Crippen molar-refractivity contribution in [2.24, 2.45) is 0 Å². The maximum absolute atomic E-state index is 6.05. The molecule has 0 amide bonds. The number of nitrogens with one attached hydrogen (secondary N) is 1. The van der Waals surface area contributed by atoms with Crippen LogP contribution in [0.5, 0.6) is 11.5 Å². The minimum atomic E-state index is 0.445. The van der Waals surface area contributed by atoms with E-state index in [-0.39, 0.29) is 0 Å². The van der Waals surface area contributed by atoms with Crippen molar-refractivity contribution in [1.82, 2.24) is 0 Å². The van der Waals surface area contributed by atoms with Crippen LogP contribution in [0.1, 0.15) is 29.2 Å². The molecule has 3 aromatic rings. The van der Waals surface area contributed by atoms with E-state index in [2.05, 4.69) is 43.4 Å². The van der Waals surface area contributed by atoms with Crippen molar-refractivity contribution in [2.75, 3.05) is 11.9 Å². The van der Waals surface area contributed by atoms with Gasteiger partial charge < -0.3 is 14.8 Å². The van der Waals surface area contributed by atoms with Crippen LogP contribution < -0.4 is 14.8 Å². The highest BCUT2D eigenvalue weighted by atomic mass is 35.5. The summed E-state index contributed by atoms with van der Waals surface area (Å²) in [5, 5.41) is 4.22. The first-order chi connectivity index (χ1) is 13.6. The molecule has 0 atom stereocenters. The molecule has 0 saturated carbocycles. The van der Waals surface area contributed by atoms with Gasteiger partial charge in [-0.25, -0.2) is 0 Å². The number of hydrogen-bond acceptors (Lipinski definition) is 3. The van der Waals surface area contributed by atoms with Crippen molar-refractivity contribution in [3.05, 3.63) is 87.9 Å². The van der Waals surface area contributed by atoms with Crippen molar-refractivity contribution in [3.8, 4) is 11.5 Å². The van der Waals surface area contributed by atoms with Crippen LogP contribution in [0.3, 0.4) is 0 Å². The van der Waals surface area contributed by atoms with Gasteiger partial charge in [-0.15, -0.1) is 0 Å². The normalized spacial score (nSPS) is 10.6. The lowest BCUT2D eigenvalue weighted by Gasteiger charge is -2.15. The average molecular weight is 396 g/mol. The Morgan fingerprint density at radius 1 is 0.857 bits per heavy atom. The smallest absolute Gasteiger partial charge is 0.161 e. The van der Waals surface area contributed by atoms with Gasteiger partial charge in [0.05, 0.1) is 6.61 Å². The second-order valence-corrected chi connectivity index (χ2v) is 7.17. The molecule has 0 unspecified atom stereocenters. The minimum Gasteiger partial charge on any atom is -0.490 e. The zero-order valence-corrected chi connectivity index (χ0v) is 17.3. The minimum absolute atomic E-state index is 0.445. The quantitative estimate of drug-likeness (QED) is 0.469. The number of halogens is 1. The summed E-state index contributed by atoms with van der Waals surface area (Å²) in [4.78, 5) is 0. The van der Waals surface area contributed by atoms with Crippen molar-refractivity contribution in [2.45, 2.75) is 33.9 Å². The molecule has 0 bridgehead atoms. The molecule has 0 heterocycles. The summed E-state index contributed by atoms with van der Waals surface area (Å²) < 4.78 is 11.8. The number of rotatable bonds is 8. The highest BCUT2D eigenvalue weighted by Gasteiger charge is 2.08. The molecule has 3 aromatic carbocycles. The lowest BCUT2D eigenvalue weighted by molar-refractivity contribution is 0.269. The van der Waals surface area contributed by atoms with Gasteiger partial charge in [-0.3, -0.25) is 0 Å². The van der Waals surface area contributed by atoms with Crippen LogP contribution in [0.2, 0.25) is 5.02 Å². The van der Waals surface area contributed by atoms with Gasteiger partial charge >= 0.3 is 0 Å². The topological polar surface area (TPSA) is 30.5 Å². The fraction of sp³-hybridized carbons (Fsp3) is 0.250. The summed E-state index contributed by atoms with van der Waals surface area (Å²) in [6.45, 7) is 7.98. The van der Waals surface area contributed by atoms with Gasteiger partial charge in [0.25, 0.3) is 0 Å². The molecule has 3 rings (SSSR count). The zero-order chi connectivity index (χ0) is 19.9.